The Bertz CT molecular complexity index is 489. The van der Waals surface area contributed by atoms with Gasteiger partial charge in [0.05, 0.1) is 19.3 Å². The van der Waals surface area contributed by atoms with Crippen LogP contribution in [0.4, 0.5) is 5.82 Å². The molecule has 6 heteroatoms. The van der Waals surface area contributed by atoms with Gasteiger partial charge < -0.3 is 20.7 Å². The van der Waals surface area contributed by atoms with Gasteiger partial charge in [0.1, 0.15) is 5.82 Å². The lowest BCUT2D eigenvalue weighted by atomic mass is 9.99. The van der Waals surface area contributed by atoms with Crippen molar-refractivity contribution in [3.63, 3.8) is 0 Å². The number of ether oxygens (including phenoxy) is 1. The number of nitrogens with zero attached hydrogens (tertiary/aromatic N) is 2. The molecule has 3 N–H and O–H groups in total. The maximum absolute atomic E-state index is 12.0. The van der Waals surface area contributed by atoms with Crippen molar-refractivity contribution in [2.45, 2.75) is 32.9 Å². The summed E-state index contributed by atoms with van der Waals surface area (Å²) in [6, 6.07) is 3.48. The number of hydrogen-bond acceptors (Lipinski definition) is 5. The van der Waals surface area contributed by atoms with E-state index in [1.54, 1.807) is 6.20 Å². The number of hydrogen-bond donors (Lipinski definition) is 2. The van der Waals surface area contributed by atoms with Gasteiger partial charge in [-0.2, -0.15) is 0 Å². The molecule has 0 aromatic carbocycles. The van der Waals surface area contributed by atoms with Crippen LogP contribution < -0.4 is 16.0 Å². The molecule has 1 fully saturated rings. The van der Waals surface area contributed by atoms with Gasteiger partial charge in [0.25, 0.3) is 0 Å². The number of carbonyl (C=O) groups excluding carboxylic acids is 1. The van der Waals surface area contributed by atoms with Crippen LogP contribution in [0.5, 0.6) is 0 Å². The Morgan fingerprint density at radius 2 is 2.23 bits per heavy atom. The van der Waals surface area contributed by atoms with Crippen molar-refractivity contribution < 1.29 is 9.53 Å². The molecule has 6 nitrogen and oxygen atoms in total. The molecule has 1 saturated heterocycles. The van der Waals surface area contributed by atoms with E-state index in [1.807, 2.05) is 26.0 Å². The van der Waals surface area contributed by atoms with Crippen molar-refractivity contribution in [3.05, 3.63) is 23.9 Å². The standard InChI is InChI=1S/C16H26N4O2/c1-3-12(2)15(17)16(21)19-11-13-4-5-18-14(10-13)20-6-8-22-9-7-20/h4-5,10,12,15H,3,6-9,11,17H2,1-2H3,(H,19,21). The molecule has 1 aromatic rings. The number of morpholine rings is 1. The summed E-state index contributed by atoms with van der Waals surface area (Å²) in [5.41, 5.74) is 6.96. The lowest BCUT2D eigenvalue weighted by molar-refractivity contribution is -0.123. The highest BCUT2D eigenvalue weighted by molar-refractivity contribution is 5.81. The Hall–Kier alpha value is -1.66. The van der Waals surface area contributed by atoms with E-state index in [1.165, 1.54) is 0 Å². The number of pyridine rings is 1. The molecule has 0 radical (unpaired) electrons. The third kappa shape index (κ3) is 4.42. The normalized spacial score (nSPS) is 17.9. The molecule has 0 spiro atoms. The molecule has 1 aliphatic heterocycles. The molecule has 1 aromatic heterocycles. The highest BCUT2D eigenvalue weighted by Crippen LogP contribution is 2.14. The van der Waals surface area contributed by atoms with Gasteiger partial charge in [-0.15, -0.1) is 0 Å². The quantitative estimate of drug-likeness (QED) is 0.816. The number of carbonyl (C=O) groups is 1. The smallest absolute Gasteiger partial charge is 0.237 e. The second-order valence-corrected chi connectivity index (χ2v) is 5.75. The number of aromatic nitrogens is 1. The first-order valence-electron chi connectivity index (χ1n) is 7.92. The summed E-state index contributed by atoms with van der Waals surface area (Å²) in [7, 11) is 0. The molecular weight excluding hydrogens is 280 g/mol. The first-order chi connectivity index (χ1) is 10.6. The van der Waals surface area contributed by atoms with Gasteiger partial charge in [0, 0.05) is 25.8 Å². The monoisotopic (exact) mass is 306 g/mol. The van der Waals surface area contributed by atoms with Gasteiger partial charge in [0.2, 0.25) is 5.91 Å². The Labute approximate surface area is 132 Å². The van der Waals surface area contributed by atoms with Crippen molar-refractivity contribution in [2.24, 2.45) is 11.7 Å². The van der Waals surface area contributed by atoms with Crippen LogP contribution in [-0.2, 0) is 16.1 Å². The largest absolute Gasteiger partial charge is 0.378 e. The minimum atomic E-state index is -0.453. The third-order valence-electron chi connectivity index (χ3n) is 4.17. The van der Waals surface area contributed by atoms with Gasteiger partial charge in [0.15, 0.2) is 0 Å². The lowest BCUT2D eigenvalue weighted by Crippen LogP contribution is -2.44. The third-order valence-corrected chi connectivity index (χ3v) is 4.17. The Morgan fingerprint density at radius 3 is 2.91 bits per heavy atom. The number of nitrogens with one attached hydrogen (secondary N) is 1. The average molecular weight is 306 g/mol. The van der Waals surface area contributed by atoms with Crippen LogP contribution in [0.15, 0.2) is 18.3 Å². The van der Waals surface area contributed by atoms with E-state index in [2.05, 4.69) is 15.2 Å². The molecule has 0 saturated carbocycles. The molecule has 0 bridgehead atoms. The van der Waals surface area contributed by atoms with Gasteiger partial charge in [-0.05, 0) is 23.6 Å². The molecule has 2 unspecified atom stereocenters. The van der Waals surface area contributed by atoms with E-state index in [0.29, 0.717) is 6.54 Å². The zero-order chi connectivity index (χ0) is 15.9. The van der Waals surface area contributed by atoms with Crippen molar-refractivity contribution in [1.82, 2.24) is 10.3 Å². The summed E-state index contributed by atoms with van der Waals surface area (Å²) in [6.45, 7) is 7.66. The van der Waals surface area contributed by atoms with E-state index in [9.17, 15) is 4.79 Å². The molecule has 22 heavy (non-hydrogen) atoms. The fraction of sp³-hybridized carbons (Fsp3) is 0.625. The lowest BCUT2D eigenvalue weighted by Gasteiger charge is -2.28. The topological polar surface area (TPSA) is 80.5 Å². The number of rotatable bonds is 6. The van der Waals surface area contributed by atoms with Crippen LogP contribution >= 0.6 is 0 Å². The van der Waals surface area contributed by atoms with Crippen molar-refractivity contribution >= 4 is 11.7 Å². The van der Waals surface area contributed by atoms with Crippen LogP contribution in [0.2, 0.25) is 0 Å². The van der Waals surface area contributed by atoms with Gasteiger partial charge in [-0.3, -0.25) is 4.79 Å². The predicted octanol–water partition coefficient (Wildman–Crippen LogP) is 0.908. The average Bonchev–Trinajstić information content (AvgIpc) is 2.59. The fourth-order valence-corrected chi connectivity index (χ4v) is 2.36. The van der Waals surface area contributed by atoms with Gasteiger partial charge in [-0.1, -0.05) is 20.3 Å². The van der Waals surface area contributed by atoms with E-state index in [4.69, 9.17) is 10.5 Å². The molecule has 2 atom stereocenters. The summed E-state index contributed by atoms with van der Waals surface area (Å²) in [5.74, 6) is 1.02. The molecule has 0 aliphatic carbocycles. The number of amides is 1. The van der Waals surface area contributed by atoms with Crippen LogP contribution in [0.25, 0.3) is 0 Å². The second kappa shape index (κ2) is 8.10. The molecule has 2 heterocycles. The minimum Gasteiger partial charge on any atom is -0.378 e. The summed E-state index contributed by atoms with van der Waals surface area (Å²) in [6.07, 6.45) is 2.67. The zero-order valence-electron chi connectivity index (χ0n) is 13.4. The van der Waals surface area contributed by atoms with Crippen LogP contribution in [0.1, 0.15) is 25.8 Å². The number of anilines is 1. The van der Waals surface area contributed by atoms with Crippen molar-refractivity contribution in [1.29, 1.82) is 0 Å². The SMILES string of the molecule is CCC(C)C(N)C(=O)NCc1ccnc(N2CCOCC2)c1. The maximum atomic E-state index is 12.0. The van der Waals surface area contributed by atoms with E-state index < -0.39 is 6.04 Å². The van der Waals surface area contributed by atoms with E-state index in [-0.39, 0.29) is 11.8 Å². The first-order valence-corrected chi connectivity index (χ1v) is 7.92. The minimum absolute atomic E-state index is 0.0981. The molecule has 2 rings (SSSR count). The Kier molecular flexibility index (Phi) is 6.15. The highest BCUT2D eigenvalue weighted by atomic mass is 16.5. The maximum Gasteiger partial charge on any atom is 0.237 e. The van der Waals surface area contributed by atoms with Crippen LogP contribution in [-0.4, -0.2) is 43.2 Å². The second-order valence-electron chi connectivity index (χ2n) is 5.75. The summed E-state index contributed by atoms with van der Waals surface area (Å²) in [4.78, 5) is 18.6. The molecule has 1 amide bonds. The summed E-state index contributed by atoms with van der Waals surface area (Å²) < 4.78 is 5.35. The molecule has 122 valence electrons. The van der Waals surface area contributed by atoms with Crippen molar-refractivity contribution in [3.8, 4) is 0 Å². The highest BCUT2D eigenvalue weighted by Gasteiger charge is 2.19. The van der Waals surface area contributed by atoms with Crippen LogP contribution in [0, 0.1) is 5.92 Å². The summed E-state index contributed by atoms with van der Waals surface area (Å²) in [5, 5.41) is 2.91. The zero-order valence-corrected chi connectivity index (χ0v) is 13.4. The Balaban J connectivity index is 1.91. The first kappa shape index (κ1) is 16.7. The Morgan fingerprint density at radius 1 is 1.50 bits per heavy atom. The van der Waals surface area contributed by atoms with Gasteiger partial charge >= 0.3 is 0 Å². The predicted molar refractivity (Wildman–Crippen MR) is 86.5 cm³/mol. The fourth-order valence-electron chi connectivity index (χ4n) is 2.36. The van der Waals surface area contributed by atoms with E-state index in [0.717, 1.165) is 44.1 Å². The molecule has 1 aliphatic rings. The molecular formula is C16H26N4O2. The number of nitrogens with two attached hydrogens (primary N) is 1. The van der Waals surface area contributed by atoms with Crippen molar-refractivity contribution in [2.75, 3.05) is 31.2 Å². The summed E-state index contributed by atoms with van der Waals surface area (Å²) >= 11 is 0. The van der Waals surface area contributed by atoms with Crippen LogP contribution in [0.3, 0.4) is 0 Å². The van der Waals surface area contributed by atoms with Gasteiger partial charge in [-0.25, -0.2) is 4.98 Å². The van der Waals surface area contributed by atoms with E-state index >= 15 is 0 Å².